The monoisotopic (exact) mass is 195 g/mol. The molecule has 2 N–H and O–H groups in total. The molecular weight excluding hydrogens is 178 g/mol. The van der Waals surface area contributed by atoms with E-state index in [-0.39, 0.29) is 11.5 Å². The molecule has 0 aromatic heterocycles. The maximum absolute atomic E-state index is 5.60. The predicted molar refractivity (Wildman–Crippen MR) is 58.2 cm³/mol. The van der Waals surface area contributed by atoms with Gasteiger partial charge in [0, 0.05) is 5.41 Å². The van der Waals surface area contributed by atoms with Crippen LogP contribution in [0.5, 0.6) is 0 Å². The number of hydrogen-bond donors (Lipinski definition) is 1. The third-order valence-electron chi connectivity index (χ3n) is 1.87. The van der Waals surface area contributed by atoms with Crippen LogP contribution in [-0.2, 0) is 4.74 Å². The summed E-state index contributed by atoms with van der Waals surface area (Å²) in [6, 6.07) is 0. The van der Waals surface area contributed by atoms with Crippen LogP contribution in [0.25, 0.3) is 0 Å². The van der Waals surface area contributed by atoms with Crippen LogP contribution in [0.15, 0.2) is 21.9 Å². The van der Waals surface area contributed by atoms with E-state index in [9.17, 15) is 0 Å². The molecule has 0 spiro atoms. The van der Waals surface area contributed by atoms with Gasteiger partial charge in [-0.05, 0) is 6.92 Å². The van der Waals surface area contributed by atoms with Gasteiger partial charge in [-0.1, -0.05) is 20.8 Å². The Morgan fingerprint density at radius 2 is 2.14 bits per heavy atom. The number of ether oxygens (including phenoxy) is 1. The van der Waals surface area contributed by atoms with Gasteiger partial charge >= 0.3 is 0 Å². The van der Waals surface area contributed by atoms with Gasteiger partial charge < -0.3 is 10.5 Å². The van der Waals surface area contributed by atoms with Gasteiger partial charge in [0.25, 0.3) is 0 Å². The molecule has 0 bridgehead atoms. The van der Waals surface area contributed by atoms with E-state index in [2.05, 4.69) is 30.8 Å². The predicted octanol–water partition coefficient (Wildman–Crippen LogP) is 1.68. The third kappa shape index (κ3) is 2.34. The minimum Gasteiger partial charge on any atom is -0.471 e. The summed E-state index contributed by atoms with van der Waals surface area (Å²) < 4.78 is 5.60. The summed E-state index contributed by atoms with van der Waals surface area (Å²) in [7, 11) is 0. The first kappa shape index (κ1) is 10.8. The summed E-state index contributed by atoms with van der Waals surface area (Å²) in [5.74, 6) is 0.753. The molecule has 1 aliphatic rings. The minimum atomic E-state index is -0.0592. The lowest BCUT2D eigenvalue weighted by Gasteiger charge is -2.18. The number of nitrogens with zero attached hydrogens (tertiary/aromatic N) is 2. The topological polar surface area (TPSA) is 60.0 Å². The van der Waals surface area contributed by atoms with Crippen molar-refractivity contribution in [3.05, 3.63) is 11.9 Å². The molecule has 0 amide bonds. The van der Waals surface area contributed by atoms with E-state index in [4.69, 9.17) is 10.5 Å². The molecule has 78 valence electrons. The zero-order valence-electron chi connectivity index (χ0n) is 9.11. The Bertz CT molecular complexity index is 297. The van der Waals surface area contributed by atoms with Crippen molar-refractivity contribution in [3.8, 4) is 0 Å². The molecule has 0 aromatic rings. The first-order valence-corrected chi connectivity index (χ1v) is 4.64. The van der Waals surface area contributed by atoms with Crippen LogP contribution in [0.3, 0.4) is 0 Å². The quantitative estimate of drug-likeness (QED) is 0.511. The summed E-state index contributed by atoms with van der Waals surface area (Å²) in [5.41, 5.74) is 5.90. The molecular formula is C10H17N3O. The van der Waals surface area contributed by atoms with Crippen LogP contribution in [0, 0.1) is 5.41 Å². The fraction of sp³-hybridized carbons (Fsp3) is 0.600. The van der Waals surface area contributed by atoms with Gasteiger partial charge in [-0.2, -0.15) is 0 Å². The first-order valence-electron chi connectivity index (χ1n) is 4.64. The molecule has 1 aliphatic heterocycles. The Labute approximate surface area is 84.6 Å². The van der Waals surface area contributed by atoms with Crippen molar-refractivity contribution >= 4 is 12.2 Å². The molecule has 0 radical (unpaired) electrons. The minimum absolute atomic E-state index is 0.0343. The number of rotatable bonds is 1. The molecule has 4 heteroatoms. The van der Waals surface area contributed by atoms with E-state index in [1.54, 1.807) is 6.20 Å². The van der Waals surface area contributed by atoms with Crippen molar-refractivity contribution in [1.82, 2.24) is 0 Å². The lowest BCUT2D eigenvalue weighted by Crippen LogP contribution is -2.22. The summed E-state index contributed by atoms with van der Waals surface area (Å²) in [6.07, 6.45) is 2.83. The summed E-state index contributed by atoms with van der Waals surface area (Å²) in [5, 5.41) is 0. The molecule has 0 aromatic carbocycles. The fourth-order valence-electron chi connectivity index (χ4n) is 1.06. The van der Waals surface area contributed by atoms with Gasteiger partial charge in [0.15, 0.2) is 5.90 Å². The SMILES string of the molecule is CC1OC(C(C)(C)C)=N/C1=C/N=C\N. The Kier molecular flexibility index (Phi) is 2.93. The van der Waals surface area contributed by atoms with E-state index >= 15 is 0 Å². The first-order chi connectivity index (χ1) is 6.45. The van der Waals surface area contributed by atoms with E-state index in [0.29, 0.717) is 0 Å². The van der Waals surface area contributed by atoms with Crippen molar-refractivity contribution in [2.75, 3.05) is 0 Å². The van der Waals surface area contributed by atoms with Crippen molar-refractivity contribution in [2.24, 2.45) is 21.1 Å². The second-order valence-corrected chi connectivity index (χ2v) is 4.28. The van der Waals surface area contributed by atoms with Crippen LogP contribution >= 0.6 is 0 Å². The van der Waals surface area contributed by atoms with Gasteiger partial charge in [0.1, 0.15) is 11.8 Å². The lowest BCUT2D eigenvalue weighted by atomic mass is 9.97. The van der Waals surface area contributed by atoms with Gasteiger partial charge in [-0.15, -0.1) is 0 Å². The summed E-state index contributed by atoms with van der Waals surface area (Å²) in [4.78, 5) is 8.19. The molecule has 0 saturated carbocycles. The highest BCUT2D eigenvalue weighted by atomic mass is 16.5. The normalized spacial score (nSPS) is 25.6. The smallest absolute Gasteiger partial charge is 0.194 e. The molecule has 1 unspecified atom stereocenters. The molecule has 1 rings (SSSR count). The van der Waals surface area contributed by atoms with E-state index in [1.807, 2.05) is 6.92 Å². The fourth-order valence-corrected chi connectivity index (χ4v) is 1.06. The average Bonchev–Trinajstić information content (AvgIpc) is 2.43. The Morgan fingerprint density at radius 3 is 2.57 bits per heavy atom. The summed E-state index contributed by atoms with van der Waals surface area (Å²) >= 11 is 0. The highest BCUT2D eigenvalue weighted by molar-refractivity contribution is 5.84. The van der Waals surface area contributed by atoms with Crippen molar-refractivity contribution < 1.29 is 4.74 Å². The molecule has 0 fully saturated rings. The lowest BCUT2D eigenvalue weighted by molar-refractivity contribution is 0.234. The van der Waals surface area contributed by atoms with Crippen LogP contribution in [-0.4, -0.2) is 18.3 Å². The van der Waals surface area contributed by atoms with E-state index in [0.717, 1.165) is 11.6 Å². The van der Waals surface area contributed by atoms with Crippen LogP contribution in [0.4, 0.5) is 0 Å². The molecule has 0 aliphatic carbocycles. The van der Waals surface area contributed by atoms with Gasteiger partial charge in [-0.3, -0.25) is 0 Å². The largest absolute Gasteiger partial charge is 0.471 e. The van der Waals surface area contributed by atoms with Crippen LogP contribution in [0.1, 0.15) is 27.7 Å². The zero-order valence-corrected chi connectivity index (χ0v) is 9.11. The van der Waals surface area contributed by atoms with Crippen molar-refractivity contribution in [2.45, 2.75) is 33.8 Å². The second-order valence-electron chi connectivity index (χ2n) is 4.28. The number of hydrogen-bond acceptors (Lipinski definition) is 3. The van der Waals surface area contributed by atoms with Crippen LogP contribution in [0.2, 0.25) is 0 Å². The van der Waals surface area contributed by atoms with E-state index < -0.39 is 0 Å². The van der Waals surface area contributed by atoms with Gasteiger partial charge in [0.05, 0.1) is 12.5 Å². The Hall–Kier alpha value is -1.32. The standard InChI is InChI=1S/C10H17N3O/c1-7-8(5-12-6-11)13-9(14-7)10(2,3)4/h5-7H,1-4H3,(H2,11,12)/b8-5+. The number of nitrogens with two attached hydrogens (primary N) is 1. The maximum atomic E-state index is 5.60. The molecule has 4 nitrogen and oxygen atoms in total. The Balaban J connectivity index is 2.87. The second kappa shape index (κ2) is 3.82. The third-order valence-corrected chi connectivity index (χ3v) is 1.87. The number of aliphatic imine (C=N–C) groups is 2. The van der Waals surface area contributed by atoms with Gasteiger partial charge in [0.2, 0.25) is 0 Å². The summed E-state index contributed by atoms with van der Waals surface area (Å²) in [6.45, 7) is 8.13. The molecule has 1 atom stereocenters. The highest BCUT2D eigenvalue weighted by Gasteiger charge is 2.29. The van der Waals surface area contributed by atoms with Crippen LogP contribution < -0.4 is 5.73 Å². The van der Waals surface area contributed by atoms with E-state index in [1.165, 1.54) is 6.34 Å². The van der Waals surface area contributed by atoms with Crippen molar-refractivity contribution in [1.29, 1.82) is 0 Å². The molecule has 1 heterocycles. The molecule has 14 heavy (non-hydrogen) atoms. The van der Waals surface area contributed by atoms with Gasteiger partial charge in [-0.25, -0.2) is 9.98 Å². The highest BCUT2D eigenvalue weighted by Crippen LogP contribution is 2.27. The van der Waals surface area contributed by atoms with Crippen molar-refractivity contribution in [3.63, 3.8) is 0 Å². The zero-order chi connectivity index (χ0) is 10.8. The Morgan fingerprint density at radius 1 is 1.50 bits per heavy atom. The average molecular weight is 195 g/mol. The molecule has 0 saturated heterocycles. The maximum Gasteiger partial charge on any atom is 0.194 e.